The van der Waals surface area contributed by atoms with E-state index in [1.54, 1.807) is 0 Å². The van der Waals surface area contributed by atoms with E-state index in [2.05, 4.69) is 46.5 Å². The van der Waals surface area contributed by atoms with Gasteiger partial charge in [0.2, 0.25) is 0 Å². The zero-order valence-electron chi connectivity index (χ0n) is 10.4. The summed E-state index contributed by atoms with van der Waals surface area (Å²) in [5.74, 6) is 0. The molecule has 0 aromatic heterocycles. The molecule has 0 amide bonds. The Morgan fingerprint density at radius 3 is 2.76 bits per heavy atom. The van der Waals surface area contributed by atoms with Crippen LogP contribution in [0.3, 0.4) is 0 Å². The van der Waals surface area contributed by atoms with Crippen molar-refractivity contribution in [2.75, 3.05) is 13.1 Å². The molecule has 4 heteroatoms. The fraction of sp³-hybridized carbons (Fsp3) is 0.538. The third kappa shape index (κ3) is 6.41. The lowest BCUT2D eigenvalue weighted by Crippen LogP contribution is -2.26. The van der Waals surface area contributed by atoms with Crippen LogP contribution in [-0.2, 0) is 6.54 Å². The second kappa shape index (κ2) is 8.09. The van der Waals surface area contributed by atoms with E-state index in [9.17, 15) is 0 Å². The van der Waals surface area contributed by atoms with Crippen LogP contribution in [0.1, 0.15) is 25.8 Å². The fourth-order valence-electron chi connectivity index (χ4n) is 1.51. The van der Waals surface area contributed by atoms with Gasteiger partial charge in [-0.05, 0) is 43.3 Å². The van der Waals surface area contributed by atoms with Gasteiger partial charge in [0.1, 0.15) is 0 Å². The van der Waals surface area contributed by atoms with Crippen molar-refractivity contribution < 1.29 is 0 Å². The van der Waals surface area contributed by atoms with Crippen molar-refractivity contribution in [1.29, 1.82) is 0 Å². The number of halogens is 2. The van der Waals surface area contributed by atoms with E-state index in [1.807, 2.05) is 12.1 Å². The molecule has 2 nitrogen and oxygen atoms in total. The summed E-state index contributed by atoms with van der Waals surface area (Å²) in [6.07, 6.45) is 1.13. The Morgan fingerprint density at radius 1 is 1.29 bits per heavy atom. The SMILES string of the molecule is CC(C)NCCCNCc1cc(Br)ccc1Cl. The molecule has 0 saturated carbocycles. The Hall–Kier alpha value is -0.0900. The molecule has 0 heterocycles. The van der Waals surface area contributed by atoms with E-state index in [0.717, 1.165) is 41.1 Å². The molecule has 0 bridgehead atoms. The molecule has 0 spiro atoms. The minimum atomic E-state index is 0.564. The first-order valence-corrected chi connectivity index (χ1v) is 7.14. The number of benzene rings is 1. The van der Waals surface area contributed by atoms with Crippen LogP contribution in [-0.4, -0.2) is 19.1 Å². The first-order chi connectivity index (χ1) is 8.09. The van der Waals surface area contributed by atoms with Crippen LogP contribution in [0.5, 0.6) is 0 Å². The molecule has 0 aliphatic heterocycles. The highest BCUT2D eigenvalue weighted by Crippen LogP contribution is 2.20. The summed E-state index contributed by atoms with van der Waals surface area (Å²) in [5, 5.41) is 7.61. The number of hydrogen-bond donors (Lipinski definition) is 2. The van der Waals surface area contributed by atoms with E-state index in [0.29, 0.717) is 6.04 Å². The van der Waals surface area contributed by atoms with E-state index < -0.39 is 0 Å². The Labute approximate surface area is 117 Å². The average molecular weight is 320 g/mol. The van der Waals surface area contributed by atoms with Gasteiger partial charge in [-0.25, -0.2) is 0 Å². The van der Waals surface area contributed by atoms with Gasteiger partial charge in [-0.15, -0.1) is 0 Å². The highest BCUT2D eigenvalue weighted by Gasteiger charge is 2.00. The summed E-state index contributed by atoms with van der Waals surface area (Å²) < 4.78 is 1.07. The minimum absolute atomic E-state index is 0.564. The van der Waals surface area contributed by atoms with E-state index >= 15 is 0 Å². The van der Waals surface area contributed by atoms with Gasteiger partial charge in [0.15, 0.2) is 0 Å². The molecular formula is C13H20BrClN2. The average Bonchev–Trinajstić information content (AvgIpc) is 2.27. The predicted octanol–water partition coefficient (Wildman–Crippen LogP) is 3.58. The van der Waals surface area contributed by atoms with Crippen molar-refractivity contribution in [2.45, 2.75) is 32.9 Å². The number of rotatable bonds is 7. The first kappa shape index (κ1) is 15.0. The fourth-order valence-corrected chi connectivity index (χ4v) is 2.10. The third-order valence-corrected chi connectivity index (χ3v) is 3.27. The van der Waals surface area contributed by atoms with Gasteiger partial charge in [-0.2, -0.15) is 0 Å². The Bertz CT molecular complexity index is 342. The Kier molecular flexibility index (Phi) is 7.12. The topological polar surface area (TPSA) is 24.1 Å². The monoisotopic (exact) mass is 318 g/mol. The summed E-state index contributed by atoms with van der Waals surface area (Å²) in [5.41, 5.74) is 1.14. The summed E-state index contributed by atoms with van der Waals surface area (Å²) >= 11 is 9.55. The molecule has 17 heavy (non-hydrogen) atoms. The number of hydrogen-bond acceptors (Lipinski definition) is 2. The summed E-state index contributed by atoms with van der Waals surface area (Å²) in [4.78, 5) is 0. The van der Waals surface area contributed by atoms with Gasteiger partial charge in [-0.3, -0.25) is 0 Å². The summed E-state index contributed by atoms with van der Waals surface area (Å²) in [6.45, 7) is 7.20. The van der Waals surface area contributed by atoms with E-state index in [1.165, 1.54) is 0 Å². The zero-order valence-corrected chi connectivity index (χ0v) is 12.7. The van der Waals surface area contributed by atoms with Crippen molar-refractivity contribution >= 4 is 27.5 Å². The molecule has 0 saturated heterocycles. The normalized spacial score (nSPS) is 11.1. The molecule has 96 valence electrons. The van der Waals surface area contributed by atoms with Gasteiger partial charge in [0.25, 0.3) is 0 Å². The molecule has 2 N–H and O–H groups in total. The highest BCUT2D eigenvalue weighted by molar-refractivity contribution is 9.10. The van der Waals surface area contributed by atoms with Crippen LogP contribution in [0.4, 0.5) is 0 Å². The lowest BCUT2D eigenvalue weighted by molar-refractivity contribution is 0.547. The smallest absolute Gasteiger partial charge is 0.0451 e. The second-order valence-electron chi connectivity index (χ2n) is 4.37. The maximum atomic E-state index is 6.10. The summed E-state index contributed by atoms with van der Waals surface area (Å²) in [7, 11) is 0. The molecule has 1 rings (SSSR count). The van der Waals surface area contributed by atoms with Crippen molar-refractivity contribution in [2.24, 2.45) is 0 Å². The molecule has 0 unspecified atom stereocenters. The maximum Gasteiger partial charge on any atom is 0.0451 e. The summed E-state index contributed by atoms with van der Waals surface area (Å²) in [6, 6.07) is 6.50. The molecule has 0 atom stereocenters. The van der Waals surface area contributed by atoms with E-state index in [4.69, 9.17) is 11.6 Å². The quantitative estimate of drug-likeness (QED) is 0.751. The van der Waals surface area contributed by atoms with Crippen LogP contribution in [0.25, 0.3) is 0 Å². The molecule has 0 fully saturated rings. The van der Waals surface area contributed by atoms with Crippen molar-refractivity contribution in [3.8, 4) is 0 Å². The largest absolute Gasteiger partial charge is 0.314 e. The standard InChI is InChI=1S/C13H20BrClN2/c1-10(2)17-7-3-6-16-9-11-8-12(14)4-5-13(11)15/h4-5,8,10,16-17H,3,6-7,9H2,1-2H3. The Balaban J connectivity index is 2.20. The van der Waals surface area contributed by atoms with Crippen LogP contribution < -0.4 is 10.6 Å². The van der Waals surface area contributed by atoms with Gasteiger partial charge in [0, 0.05) is 22.1 Å². The van der Waals surface area contributed by atoms with Crippen LogP contribution in [0, 0.1) is 0 Å². The maximum absolute atomic E-state index is 6.10. The number of nitrogens with one attached hydrogen (secondary N) is 2. The molecule has 0 radical (unpaired) electrons. The molecule has 1 aromatic rings. The lowest BCUT2D eigenvalue weighted by Gasteiger charge is -2.09. The molecule has 0 aliphatic rings. The van der Waals surface area contributed by atoms with Crippen molar-refractivity contribution in [3.05, 3.63) is 33.3 Å². The van der Waals surface area contributed by atoms with Crippen LogP contribution in [0.15, 0.2) is 22.7 Å². The minimum Gasteiger partial charge on any atom is -0.314 e. The zero-order chi connectivity index (χ0) is 12.7. The third-order valence-electron chi connectivity index (χ3n) is 2.41. The van der Waals surface area contributed by atoms with Gasteiger partial charge in [0.05, 0.1) is 0 Å². The van der Waals surface area contributed by atoms with Crippen molar-refractivity contribution in [3.63, 3.8) is 0 Å². The van der Waals surface area contributed by atoms with E-state index in [-0.39, 0.29) is 0 Å². The Morgan fingerprint density at radius 2 is 2.06 bits per heavy atom. The first-order valence-electron chi connectivity index (χ1n) is 5.97. The van der Waals surface area contributed by atoms with Crippen molar-refractivity contribution in [1.82, 2.24) is 10.6 Å². The van der Waals surface area contributed by atoms with Gasteiger partial charge >= 0.3 is 0 Å². The second-order valence-corrected chi connectivity index (χ2v) is 5.70. The van der Waals surface area contributed by atoms with Gasteiger partial charge in [-0.1, -0.05) is 41.4 Å². The molecule has 1 aromatic carbocycles. The predicted molar refractivity (Wildman–Crippen MR) is 78.6 cm³/mol. The highest BCUT2D eigenvalue weighted by atomic mass is 79.9. The van der Waals surface area contributed by atoms with Crippen LogP contribution >= 0.6 is 27.5 Å². The van der Waals surface area contributed by atoms with Gasteiger partial charge < -0.3 is 10.6 Å². The molecule has 0 aliphatic carbocycles. The molecular weight excluding hydrogens is 300 g/mol. The lowest BCUT2D eigenvalue weighted by atomic mass is 10.2. The van der Waals surface area contributed by atoms with Crippen LogP contribution in [0.2, 0.25) is 5.02 Å².